The Bertz CT molecular complexity index is 643. The molecule has 0 unspecified atom stereocenters. The zero-order valence-electron chi connectivity index (χ0n) is 12.1. The van der Waals surface area contributed by atoms with Gasteiger partial charge in [-0.15, -0.1) is 0 Å². The van der Waals surface area contributed by atoms with E-state index in [1.165, 1.54) is 30.7 Å². The molecule has 3 rings (SSSR count). The molecule has 5 nitrogen and oxygen atoms in total. The van der Waals surface area contributed by atoms with E-state index < -0.39 is 16.4 Å². The van der Waals surface area contributed by atoms with Crippen LogP contribution in [0.2, 0.25) is 0 Å². The van der Waals surface area contributed by atoms with Gasteiger partial charge in [0, 0.05) is 19.2 Å². The van der Waals surface area contributed by atoms with Crippen molar-refractivity contribution in [2.75, 3.05) is 23.7 Å². The van der Waals surface area contributed by atoms with Gasteiger partial charge in [-0.1, -0.05) is 24.3 Å². The van der Waals surface area contributed by atoms with E-state index in [4.69, 9.17) is 5.73 Å². The summed E-state index contributed by atoms with van der Waals surface area (Å²) >= 11 is 0. The zero-order valence-corrected chi connectivity index (χ0v) is 12.1. The van der Waals surface area contributed by atoms with Gasteiger partial charge in [-0.25, -0.2) is 0 Å². The average molecular weight is 303 g/mol. The third-order valence-corrected chi connectivity index (χ3v) is 3.43. The van der Waals surface area contributed by atoms with Gasteiger partial charge in [-0.05, 0) is 31.0 Å². The lowest BCUT2D eigenvalue weighted by Gasteiger charge is -2.19. The van der Waals surface area contributed by atoms with Crippen LogP contribution >= 0.6 is 0 Å². The molecule has 0 aliphatic carbocycles. The van der Waals surface area contributed by atoms with Crippen molar-refractivity contribution in [3.8, 4) is 0 Å². The van der Waals surface area contributed by atoms with Crippen LogP contribution in [-0.2, 0) is 0 Å². The van der Waals surface area contributed by atoms with Gasteiger partial charge in [0.05, 0.1) is 16.3 Å². The number of para-hydroxylation sites is 3. The molecular weight excluding hydrogens is 285 g/mol. The first-order chi connectivity index (χ1) is 10.6. The smallest absolute Gasteiger partial charge is 0.304 e. The Balaban J connectivity index is 0.000000164. The molecule has 0 bridgehead atoms. The fraction of sp³-hybridized carbons (Fsp3) is 0.250. The molecular formula is C16H18FN3O2. The Hall–Kier alpha value is -2.63. The van der Waals surface area contributed by atoms with E-state index in [9.17, 15) is 14.5 Å². The Morgan fingerprint density at radius 3 is 2.18 bits per heavy atom. The first kappa shape index (κ1) is 15.8. The van der Waals surface area contributed by atoms with Crippen molar-refractivity contribution in [2.45, 2.75) is 12.8 Å². The molecule has 0 saturated carbocycles. The monoisotopic (exact) mass is 303 g/mol. The summed E-state index contributed by atoms with van der Waals surface area (Å²) in [5, 5.41) is 9.99. The number of rotatable bonds is 2. The Kier molecular flexibility index (Phi) is 5.30. The van der Waals surface area contributed by atoms with Crippen molar-refractivity contribution in [1.82, 2.24) is 0 Å². The number of anilines is 2. The van der Waals surface area contributed by atoms with Crippen LogP contribution in [0.25, 0.3) is 0 Å². The Morgan fingerprint density at radius 2 is 1.64 bits per heavy atom. The molecule has 0 spiro atoms. The Labute approximate surface area is 128 Å². The summed E-state index contributed by atoms with van der Waals surface area (Å²) in [5.41, 5.74) is 7.48. The third-order valence-electron chi connectivity index (χ3n) is 3.43. The minimum Gasteiger partial charge on any atom is -0.397 e. The molecule has 0 atom stereocenters. The lowest BCUT2D eigenvalue weighted by atomic mass is 10.2. The lowest BCUT2D eigenvalue weighted by Crippen LogP contribution is -2.18. The van der Waals surface area contributed by atoms with Crippen LogP contribution < -0.4 is 10.6 Å². The number of nitrogen functional groups attached to an aromatic ring is 1. The molecule has 0 aromatic heterocycles. The topological polar surface area (TPSA) is 72.4 Å². The number of nitro benzene ring substituents is 1. The normalized spacial score (nSPS) is 13.4. The van der Waals surface area contributed by atoms with Crippen LogP contribution in [0.5, 0.6) is 0 Å². The number of benzene rings is 2. The summed E-state index contributed by atoms with van der Waals surface area (Å²) in [5.74, 6) is -0.799. The largest absolute Gasteiger partial charge is 0.397 e. The van der Waals surface area contributed by atoms with Gasteiger partial charge >= 0.3 is 5.69 Å². The summed E-state index contributed by atoms with van der Waals surface area (Å²) in [7, 11) is 0. The maximum atomic E-state index is 12.4. The number of nitrogens with two attached hydrogens (primary N) is 1. The van der Waals surface area contributed by atoms with Crippen molar-refractivity contribution < 1.29 is 9.31 Å². The number of nitrogens with zero attached hydrogens (tertiary/aromatic N) is 2. The molecule has 1 saturated heterocycles. The summed E-state index contributed by atoms with van der Waals surface area (Å²) in [6, 6.07) is 13.1. The lowest BCUT2D eigenvalue weighted by molar-refractivity contribution is -0.387. The number of hydrogen-bond acceptors (Lipinski definition) is 4. The van der Waals surface area contributed by atoms with Crippen LogP contribution in [0.15, 0.2) is 48.5 Å². The molecule has 1 aliphatic heterocycles. The van der Waals surface area contributed by atoms with E-state index in [1.807, 2.05) is 18.2 Å². The van der Waals surface area contributed by atoms with Crippen LogP contribution in [0.4, 0.5) is 21.5 Å². The summed E-state index contributed by atoms with van der Waals surface area (Å²) < 4.78 is 12.4. The second-order valence-electron chi connectivity index (χ2n) is 4.96. The Morgan fingerprint density at radius 1 is 1.05 bits per heavy atom. The SMILES string of the molecule is Nc1ccccc1N1CCCC1.O=[N+]([O-])c1ccccc1F. The molecule has 2 N–H and O–H groups in total. The number of hydrogen-bond donors (Lipinski definition) is 1. The van der Waals surface area contributed by atoms with E-state index in [-0.39, 0.29) is 0 Å². The van der Waals surface area contributed by atoms with Gasteiger partial charge < -0.3 is 10.6 Å². The van der Waals surface area contributed by atoms with Crippen LogP contribution in [0.3, 0.4) is 0 Å². The van der Waals surface area contributed by atoms with Crippen molar-refractivity contribution >= 4 is 17.1 Å². The van der Waals surface area contributed by atoms with Crippen molar-refractivity contribution in [2.24, 2.45) is 0 Å². The molecule has 0 radical (unpaired) electrons. The summed E-state index contributed by atoms with van der Waals surface area (Å²) in [6.07, 6.45) is 2.60. The fourth-order valence-corrected chi connectivity index (χ4v) is 2.33. The van der Waals surface area contributed by atoms with Gasteiger partial charge in [-0.2, -0.15) is 4.39 Å². The maximum absolute atomic E-state index is 12.4. The van der Waals surface area contributed by atoms with E-state index in [2.05, 4.69) is 11.0 Å². The molecule has 116 valence electrons. The van der Waals surface area contributed by atoms with Gasteiger partial charge in [-0.3, -0.25) is 10.1 Å². The van der Waals surface area contributed by atoms with Gasteiger partial charge in [0.25, 0.3) is 0 Å². The first-order valence-corrected chi connectivity index (χ1v) is 7.08. The minimum atomic E-state index is -0.799. The minimum absolute atomic E-state index is 0.484. The van der Waals surface area contributed by atoms with Crippen LogP contribution in [0, 0.1) is 15.9 Å². The highest BCUT2D eigenvalue weighted by Gasteiger charge is 2.13. The van der Waals surface area contributed by atoms with Crippen LogP contribution in [-0.4, -0.2) is 18.0 Å². The van der Waals surface area contributed by atoms with Crippen molar-refractivity contribution in [3.63, 3.8) is 0 Å². The predicted molar refractivity (Wildman–Crippen MR) is 85.4 cm³/mol. The predicted octanol–water partition coefficient (Wildman–Crippen LogP) is 3.60. The molecule has 2 aromatic rings. The van der Waals surface area contributed by atoms with Crippen molar-refractivity contribution in [1.29, 1.82) is 0 Å². The third kappa shape index (κ3) is 3.94. The van der Waals surface area contributed by atoms with Crippen molar-refractivity contribution in [3.05, 3.63) is 64.5 Å². The molecule has 6 heteroatoms. The van der Waals surface area contributed by atoms with E-state index in [0.29, 0.717) is 0 Å². The van der Waals surface area contributed by atoms with E-state index in [0.717, 1.165) is 30.9 Å². The number of nitro groups is 1. The molecule has 2 aromatic carbocycles. The molecule has 1 heterocycles. The molecule has 0 amide bonds. The second-order valence-corrected chi connectivity index (χ2v) is 4.96. The fourth-order valence-electron chi connectivity index (χ4n) is 2.33. The zero-order chi connectivity index (χ0) is 15.9. The number of halogens is 1. The highest BCUT2D eigenvalue weighted by atomic mass is 19.1. The van der Waals surface area contributed by atoms with E-state index in [1.54, 1.807) is 0 Å². The average Bonchev–Trinajstić information content (AvgIpc) is 3.02. The molecule has 1 aliphatic rings. The molecule has 22 heavy (non-hydrogen) atoms. The van der Waals surface area contributed by atoms with Crippen LogP contribution in [0.1, 0.15) is 12.8 Å². The highest BCUT2D eigenvalue weighted by Crippen LogP contribution is 2.25. The van der Waals surface area contributed by atoms with Gasteiger partial charge in [0.1, 0.15) is 0 Å². The first-order valence-electron chi connectivity index (χ1n) is 7.08. The highest BCUT2D eigenvalue weighted by molar-refractivity contribution is 5.67. The quantitative estimate of drug-likeness (QED) is 0.522. The van der Waals surface area contributed by atoms with Gasteiger partial charge in [0.2, 0.25) is 5.82 Å². The second kappa shape index (κ2) is 7.40. The van der Waals surface area contributed by atoms with Gasteiger partial charge in [0.15, 0.2) is 0 Å². The maximum Gasteiger partial charge on any atom is 0.304 e. The molecule has 1 fully saturated rings. The standard InChI is InChI=1S/C10H14N2.C6H4FNO2/c11-9-5-1-2-6-10(9)12-7-3-4-8-12;7-5-3-1-2-4-6(5)8(9)10/h1-2,5-6H,3-4,7-8,11H2;1-4H. The summed E-state index contributed by atoms with van der Waals surface area (Å²) in [6.45, 7) is 2.32. The summed E-state index contributed by atoms with van der Waals surface area (Å²) in [4.78, 5) is 11.6. The van der Waals surface area contributed by atoms with E-state index >= 15 is 0 Å².